The van der Waals surface area contributed by atoms with Gasteiger partial charge in [0.15, 0.2) is 5.65 Å². The molecule has 0 aliphatic rings. The van der Waals surface area contributed by atoms with E-state index in [-0.39, 0.29) is 5.91 Å². The maximum Gasteiger partial charge on any atom is 0.261 e. The Morgan fingerprint density at radius 1 is 1.30 bits per heavy atom. The minimum absolute atomic E-state index is 0.260. The van der Waals surface area contributed by atoms with Gasteiger partial charge in [-0.2, -0.15) is 5.10 Å². The first-order chi connectivity index (χ1) is 11.1. The van der Waals surface area contributed by atoms with Crippen LogP contribution < -0.4 is 10.1 Å². The zero-order chi connectivity index (χ0) is 16.4. The number of carbonyl (C=O) groups is 1. The molecule has 0 spiro atoms. The predicted octanol–water partition coefficient (Wildman–Crippen LogP) is 3.00. The molecule has 0 aliphatic carbocycles. The molecule has 2 aromatic heterocycles. The fourth-order valence-electron chi connectivity index (χ4n) is 2.47. The first-order valence-corrected chi connectivity index (χ1v) is 7.45. The lowest BCUT2D eigenvalue weighted by atomic mass is 10.2. The highest BCUT2D eigenvalue weighted by molar-refractivity contribution is 6.08. The van der Waals surface area contributed by atoms with E-state index in [1.807, 2.05) is 45.0 Å². The van der Waals surface area contributed by atoms with Gasteiger partial charge in [-0.05, 0) is 39.0 Å². The molecule has 2 heterocycles. The number of carbonyl (C=O) groups excluding carboxylic acids is 1. The lowest BCUT2D eigenvalue weighted by Gasteiger charge is -2.10. The Morgan fingerprint density at radius 2 is 2.09 bits per heavy atom. The molecule has 0 radical (unpaired) electrons. The third-order valence-electron chi connectivity index (χ3n) is 3.46. The summed E-state index contributed by atoms with van der Waals surface area (Å²) in [6.45, 7) is 6.26. The van der Waals surface area contributed by atoms with Crippen molar-refractivity contribution in [3.8, 4) is 5.75 Å². The van der Waals surface area contributed by atoms with E-state index >= 15 is 0 Å². The number of hydrogen-bond donors (Lipinski definition) is 1. The number of anilines is 1. The van der Waals surface area contributed by atoms with Crippen molar-refractivity contribution in [2.75, 3.05) is 11.9 Å². The zero-order valence-corrected chi connectivity index (χ0v) is 13.3. The Balaban J connectivity index is 1.96. The molecule has 3 aromatic rings. The highest BCUT2D eigenvalue weighted by atomic mass is 16.5. The molecule has 0 unspecified atom stereocenters. The van der Waals surface area contributed by atoms with Gasteiger partial charge in [0.2, 0.25) is 0 Å². The van der Waals surface area contributed by atoms with Crippen molar-refractivity contribution in [2.24, 2.45) is 0 Å². The van der Waals surface area contributed by atoms with Crippen molar-refractivity contribution in [2.45, 2.75) is 20.8 Å². The second kappa shape index (κ2) is 6.08. The van der Waals surface area contributed by atoms with Gasteiger partial charge in [0.25, 0.3) is 5.91 Å². The molecular weight excluding hydrogens is 292 g/mol. The molecule has 6 heteroatoms. The lowest BCUT2D eigenvalue weighted by Crippen LogP contribution is -2.13. The standard InChI is InChI=1S/C17H18N4O2/c1-4-23-15-8-6-5-7-14(15)20-17(22)13-10-18-21-12(3)9-11(2)19-16(13)21/h5-10H,4H2,1-3H3,(H,20,22). The van der Waals surface area contributed by atoms with Crippen LogP contribution in [0.25, 0.3) is 5.65 Å². The van der Waals surface area contributed by atoms with Crippen LogP contribution in [-0.4, -0.2) is 27.1 Å². The third kappa shape index (κ3) is 2.88. The van der Waals surface area contributed by atoms with Gasteiger partial charge >= 0.3 is 0 Å². The molecule has 0 aliphatic heterocycles. The molecule has 0 fully saturated rings. The van der Waals surface area contributed by atoms with Crippen LogP contribution in [0.1, 0.15) is 28.7 Å². The Kier molecular flexibility index (Phi) is 3.97. The summed E-state index contributed by atoms with van der Waals surface area (Å²) >= 11 is 0. The van der Waals surface area contributed by atoms with Gasteiger partial charge in [-0.3, -0.25) is 4.79 Å². The summed E-state index contributed by atoms with van der Waals surface area (Å²) in [6, 6.07) is 9.26. The van der Waals surface area contributed by atoms with Crippen LogP contribution in [0.2, 0.25) is 0 Å². The van der Waals surface area contributed by atoms with Crippen molar-refractivity contribution in [3.63, 3.8) is 0 Å². The summed E-state index contributed by atoms with van der Waals surface area (Å²) in [5.74, 6) is 0.379. The summed E-state index contributed by atoms with van der Waals surface area (Å²) in [7, 11) is 0. The molecule has 1 N–H and O–H groups in total. The number of ether oxygens (including phenoxy) is 1. The van der Waals surface area contributed by atoms with Crippen LogP contribution in [0.15, 0.2) is 36.5 Å². The minimum Gasteiger partial charge on any atom is -0.492 e. The average Bonchev–Trinajstić information content (AvgIpc) is 2.93. The summed E-state index contributed by atoms with van der Waals surface area (Å²) in [5, 5.41) is 7.11. The highest BCUT2D eigenvalue weighted by Crippen LogP contribution is 2.24. The van der Waals surface area contributed by atoms with E-state index in [0.717, 1.165) is 11.4 Å². The van der Waals surface area contributed by atoms with Gasteiger partial charge < -0.3 is 10.1 Å². The number of amides is 1. The maximum atomic E-state index is 12.6. The first kappa shape index (κ1) is 15.0. The number of fused-ring (bicyclic) bond motifs is 1. The second-order valence-electron chi connectivity index (χ2n) is 5.22. The number of rotatable bonds is 4. The van der Waals surface area contributed by atoms with Crippen molar-refractivity contribution in [3.05, 3.63) is 53.5 Å². The van der Waals surface area contributed by atoms with Crippen molar-refractivity contribution >= 4 is 17.2 Å². The predicted molar refractivity (Wildman–Crippen MR) is 88.0 cm³/mol. The van der Waals surface area contributed by atoms with E-state index in [2.05, 4.69) is 15.4 Å². The van der Waals surface area contributed by atoms with E-state index in [1.165, 1.54) is 6.20 Å². The Morgan fingerprint density at radius 3 is 2.87 bits per heavy atom. The van der Waals surface area contributed by atoms with Gasteiger partial charge in [-0.15, -0.1) is 0 Å². The maximum absolute atomic E-state index is 12.6. The fourth-order valence-corrected chi connectivity index (χ4v) is 2.47. The van der Waals surface area contributed by atoms with Gasteiger partial charge in [0.05, 0.1) is 18.5 Å². The Bertz CT molecular complexity index is 870. The molecule has 118 valence electrons. The molecule has 1 amide bonds. The quantitative estimate of drug-likeness (QED) is 0.804. The molecule has 0 saturated carbocycles. The monoisotopic (exact) mass is 310 g/mol. The van der Waals surface area contributed by atoms with E-state index in [4.69, 9.17) is 4.74 Å². The molecule has 6 nitrogen and oxygen atoms in total. The molecule has 0 atom stereocenters. The highest BCUT2D eigenvalue weighted by Gasteiger charge is 2.17. The fraction of sp³-hybridized carbons (Fsp3) is 0.235. The van der Waals surface area contributed by atoms with E-state index in [9.17, 15) is 4.79 Å². The number of nitrogens with zero attached hydrogens (tertiary/aromatic N) is 3. The summed E-state index contributed by atoms with van der Waals surface area (Å²) in [6.07, 6.45) is 1.54. The van der Waals surface area contributed by atoms with Crippen LogP contribution >= 0.6 is 0 Å². The van der Waals surface area contributed by atoms with E-state index in [0.29, 0.717) is 29.3 Å². The van der Waals surface area contributed by atoms with Crippen LogP contribution in [0.4, 0.5) is 5.69 Å². The van der Waals surface area contributed by atoms with Crippen LogP contribution in [0.3, 0.4) is 0 Å². The number of para-hydroxylation sites is 2. The lowest BCUT2D eigenvalue weighted by molar-refractivity contribution is 0.102. The Labute approximate surface area is 134 Å². The van der Waals surface area contributed by atoms with E-state index < -0.39 is 0 Å². The molecule has 0 saturated heterocycles. The summed E-state index contributed by atoms with van der Waals surface area (Å²) < 4.78 is 7.19. The summed E-state index contributed by atoms with van der Waals surface area (Å²) in [4.78, 5) is 17.0. The average molecular weight is 310 g/mol. The number of nitrogens with one attached hydrogen (secondary N) is 1. The summed E-state index contributed by atoms with van der Waals surface area (Å²) in [5.41, 5.74) is 3.39. The smallest absolute Gasteiger partial charge is 0.261 e. The van der Waals surface area contributed by atoms with Crippen LogP contribution in [0, 0.1) is 13.8 Å². The van der Waals surface area contributed by atoms with Gasteiger partial charge in [-0.25, -0.2) is 9.50 Å². The number of aromatic nitrogens is 3. The molecule has 1 aromatic carbocycles. The molecular formula is C17H18N4O2. The van der Waals surface area contributed by atoms with Crippen LogP contribution in [0.5, 0.6) is 5.75 Å². The SMILES string of the molecule is CCOc1ccccc1NC(=O)c1cnn2c(C)cc(C)nc12. The number of aryl methyl sites for hydroxylation is 2. The first-order valence-electron chi connectivity index (χ1n) is 7.45. The number of benzene rings is 1. The van der Waals surface area contributed by atoms with E-state index in [1.54, 1.807) is 10.6 Å². The minimum atomic E-state index is -0.260. The topological polar surface area (TPSA) is 68.5 Å². The number of hydrogen-bond acceptors (Lipinski definition) is 4. The van der Waals surface area contributed by atoms with Gasteiger partial charge in [0.1, 0.15) is 11.3 Å². The zero-order valence-electron chi connectivity index (χ0n) is 13.3. The normalized spacial score (nSPS) is 10.7. The largest absolute Gasteiger partial charge is 0.492 e. The van der Waals surface area contributed by atoms with Crippen molar-refractivity contribution < 1.29 is 9.53 Å². The third-order valence-corrected chi connectivity index (χ3v) is 3.46. The van der Waals surface area contributed by atoms with Crippen molar-refractivity contribution in [1.29, 1.82) is 0 Å². The molecule has 23 heavy (non-hydrogen) atoms. The van der Waals surface area contributed by atoms with Crippen molar-refractivity contribution in [1.82, 2.24) is 14.6 Å². The van der Waals surface area contributed by atoms with Gasteiger partial charge in [-0.1, -0.05) is 12.1 Å². The van der Waals surface area contributed by atoms with Gasteiger partial charge in [0, 0.05) is 11.4 Å². The molecule has 0 bridgehead atoms. The molecule has 3 rings (SSSR count). The second-order valence-corrected chi connectivity index (χ2v) is 5.22. The van der Waals surface area contributed by atoms with Crippen LogP contribution in [-0.2, 0) is 0 Å². The Hall–Kier alpha value is -2.89.